The molecule has 3 nitrogen and oxygen atoms in total. The summed E-state index contributed by atoms with van der Waals surface area (Å²) < 4.78 is 0. The van der Waals surface area contributed by atoms with Gasteiger partial charge in [-0.15, -0.1) is 0 Å². The SMILES string of the molecule is CC(Br)ONC(=O)c1ccccc1. The van der Waals surface area contributed by atoms with Crippen LogP contribution >= 0.6 is 15.9 Å². The van der Waals surface area contributed by atoms with Crippen LogP contribution in [0.2, 0.25) is 0 Å². The number of nitrogens with one attached hydrogen (secondary N) is 1. The first kappa shape index (κ1) is 10.2. The van der Waals surface area contributed by atoms with Gasteiger partial charge in [0.05, 0.1) is 0 Å². The Bertz CT molecular complexity index is 274. The van der Waals surface area contributed by atoms with Crippen molar-refractivity contribution in [2.75, 3.05) is 0 Å². The molecule has 0 fully saturated rings. The van der Waals surface area contributed by atoms with Crippen molar-refractivity contribution in [1.29, 1.82) is 0 Å². The van der Waals surface area contributed by atoms with Crippen LogP contribution in [0.1, 0.15) is 17.3 Å². The van der Waals surface area contributed by atoms with Crippen LogP contribution in [0.3, 0.4) is 0 Å². The number of carbonyl (C=O) groups is 1. The molecule has 1 amide bonds. The van der Waals surface area contributed by atoms with Gasteiger partial charge in [0.2, 0.25) is 0 Å². The Balaban J connectivity index is 2.50. The lowest BCUT2D eigenvalue weighted by Crippen LogP contribution is -2.25. The van der Waals surface area contributed by atoms with Crippen LogP contribution in [0.5, 0.6) is 0 Å². The van der Waals surface area contributed by atoms with E-state index in [4.69, 9.17) is 4.84 Å². The number of halogens is 1. The average Bonchev–Trinajstić information content (AvgIpc) is 2.15. The number of amides is 1. The van der Waals surface area contributed by atoms with Crippen molar-refractivity contribution in [3.63, 3.8) is 0 Å². The van der Waals surface area contributed by atoms with Crippen LogP contribution in [0.25, 0.3) is 0 Å². The molecule has 0 aromatic heterocycles. The lowest BCUT2D eigenvalue weighted by atomic mass is 10.2. The molecule has 0 aliphatic rings. The maximum atomic E-state index is 11.3. The molecule has 13 heavy (non-hydrogen) atoms. The first-order valence-electron chi connectivity index (χ1n) is 3.85. The van der Waals surface area contributed by atoms with Crippen molar-refractivity contribution in [2.24, 2.45) is 0 Å². The third-order valence-electron chi connectivity index (χ3n) is 1.35. The largest absolute Gasteiger partial charge is 0.274 e. The van der Waals surface area contributed by atoms with Crippen LogP contribution in [-0.2, 0) is 4.84 Å². The molecule has 1 unspecified atom stereocenters. The highest BCUT2D eigenvalue weighted by molar-refractivity contribution is 9.09. The molecule has 0 spiro atoms. The van der Waals surface area contributed by atoms with Crippen molar-refractivity contribution < 1.29 is 9.63 Å². The molecule has 0 aliphatic heterocycles. The molecule has 0 saturated carbocycles. The summed E-state index contributed by atoms with van der Waals surface area (Å²) in [5.74, 6) is -0.244. The molecule has 1 N–H and O–H groups in total. The van der Waals surface area contributed by atoms with Gasteiger partial charge in [-0.05, 0) is 19.1 Å². The van der Waals surface area contributed by atoms with Gasteiger partial charge < -0.3 is 0 Å². The summed E-state index contributed by atoms with van der Waals surface area (Å²) in [6.45, 7) is 1.77. The van der Waals surface area contributed by atoms with Crippen LogP contribution in [0.4, 0.5) is 0 Å². The average molecular weight is 244 g/mol. The molecule has 1 aromatic rings. The fourth-order valence-corrected chi connectivity index (χ4v) is 0.877. The second kappa shape index (κ2) is 4.99. The smallest absolute Gasteiger partial charge is 0.267 e. The number of hydroxylamine groups is 1. The van der Waals surface area contributed by atoms with E-state index in [1.54, 1.807) is 31.2 Å². The van der Waals surface area contributed by atoms with Crippen molar-refractivity contribution in [2.45, 2.75) is 11.9 Å². The zero-order valence-corrected chi connectivity index (χ0v) is 8.74. The highest BCUT2D eigenvalue weighted by Gasteiger charge is 2.04. The van der Waals surface area contributed by atoms with Gasteiger partial charge in [0.25, 0.3) is 5.91 Å². The van der Waals surface area contributed by atoms with E-state index in [1.165, 1.54) is 0 Å². The predicted molar refractivity (Wildman–Crippen MR) is 53.4 cm³/mol. The molecule has 4 heteroatoms. The van der Waals surface area contributed by atoms with E-state index in [-0.39, 0.29) is 10.9 Å². The summed E-state index contributed by atoms with van der Waals surface area (Å²) in [4.78, 5) is 16.2. The van der Waals surface area contributed by atoms with Gasteiger partial charge in [0.15, 0.2) is 0 Å². The number of alkyl halides is 1. The molecule has 0 aliphatic carbocycles. The van der Waals surface area contributed by atoms with E-state index in [9.17, 15) is 4.79 Å². The van der Waals surface area contributed by atoms with Gasteiger partial charge in [-0.3, -0.25) is 9.63 Å². The zero-order chi connectivity index (χ0) is 9.68. The Labute approximate surface area is 85.2 Å². The number of benzene rings is 1. The number of carbonyl (C=O) groups excluding carboxylic acids is 1. The third kappa shape index (κ3) is 3.57. The van der Waals surface area contributed by atoms with Crippen molar-refractivity contribution in [1.82, 2.24) is 5.48 Å². The molecule has 1 rings (SSSR count). The van der Waals surface area contributed by atoms with E-state index in [0.29, 0.717) is 5.56 Å². The molecular weight excluding hydrogens is 234 g/mol. The number of hydrogen-bond donors (Lipinski definition) is 1. The normalized spacial score (nSPS) is 12.2. The highest BCUT2D eigenvalue weighted by atomic mass is 79.9. The fraction of sp³-hybridized carbons (Fsp3) is 0.222. The highest BCUT2D eigenvalue weighted by Crippen LogP contribution is 2.00. The van der Waals surface area contributed by atoms with Gasteiger partial charge in [0, 0.05) is 5.56 Å². The van der Waals surface area contributed by atoms with Gasteiger partial charge >= 0.3 is 0 Å². The van der Waals surface area contributed by atoms with Crippen LogP contribution in [-0.4, -0.2) is 10.9 Å². The minimum atomic E-state index is -0.244. The van der Waals surface area contributed by atoms with E-state index in [2.05, 4.69) is 21.4 Å². The Morgan fingerprint density at radius 2 is 2.08 bits per heavy atom. The van der Waals surface area contributed by atoms with E-state index in [1.807, 2.05) is 6.07 Å². The number of hydrogen-bond acceptors (Lipinski definition) is 2. The van der Waals surface area contributed by atoms with Gasteiger partial charge in [-0.1, -0.05) is 34.1 Å². The third-order valence-corrected chi connectivity index (χ3v) is 1.54. The molecule has 0 radical (unpaired) electrons. The van der Waals surface area contributed by atoms with Gasteiger partial charge in [-0.25, -0.2) is 5.48 Å². The van der Waals surface area contributed by atoms with Crippen LogP contribution in [0.15, 0.2) is 30.3 Å². The zero-order valence-electron chi connectivity index (χ0n) is 7.16. The molecule has 0 saturated heterocycles. The van der Waals surface area contributed by atoms with Crippen LogP contribution < -0.4 is 5.48 Å². The lowest BCUT2D eigenvalue weighted by molar-refractivity contribution is 0.0275. The monoisotopic (exact) mass is 243 g/mol. The summed E-state index contributed by atoms with van der Waals surface area (Å²) in [7, 11) is 0. The Hall–Kier alpha value is -0.870. The summed E-state index contributed by atoms with van der Waals surface area (Å²) in [5.41, 5.74) is 2.89. The Morgan fingerprint density at radius 3 is 2.62 bits per heavy atom. The molecule has 1 atom stereocenters. The predicted octanol–water partition coefficient (Wildman–Crippen LogP) is 2.09. The molecule has 70 valence electrons. The Kier molecular flexibility index (Phi) is 3.92. The van der Waals surface area contributed by atoms with Crippen molar-refractivity contribution in [3.8, 4) is 0 Å². The summed E-state index contributed by atoms with van der Waals surface area (Å²) >= 11 is 3.14. The first-order valence-corrected chi connectivity index (χ1v) is 4.77. The second-order valence-electron chi connectivity index (χ2n) is 2.46. The lowest BCUT2D eigenvalue weighted by Gasteiger charge is -2.06. The Morgan fingerprint density at radius 1 is 1.46 bits per heavy atom. The van der Waals surface area contributed by atoms with Crippen LogP contribution in [0, 0.1) is 0 Å². The van der Waals surface area contributed by atoms with E-state index >= 15 is 0 Å². The standard InChI is InChI=1S/C9H10BrNO2/c1-7(10)13-11-9(12)8-5-3-2-4-6-8/h2-7H,1H3,(H,11,12). The first-order chi connectivity index (χ1) is 6.20. The summed E-state index contributed by atoms with van der Waals surface area (Å²) in [6, 6.07) is 8.89. The minimum absolute atomic E-state index is 0.194. The molecule has 0 heterocycles. The van der Waals surface area contributed by atoms with E-state index in [0.717, 1.165) is 0 Å². The van der Waals surface area contributed by atoms with Crippen molar-refractivity contribution >= 4 is 21.8 Å². The van der Waals surface area contributed by atoms with Crippen molar-refractivity contribution in [3.05, 3.63) is 35.9 Å². The summed E-state index contributed by atoms with van der Waals surface area (Å²) in [6.07, 6.45) is 0. The maximum Gasteiger partial charge on any atom is 0.274 e. The molecule has 0 bridgehead atoms. The fourth-order valence-electron chi connectivity index (χ4n) is 0.783. The quantitative estimate of drug-likeness (QED) is 0.653. The van der Waals surface area contributed by atoms with E-state index < -0.39 is 0 Å². The number of rotatable bonds is 3. The summed E-state index contributed by atoms with van der Waals surface area (Å²) in [5, 5.41) is -0.194. The minimum Gasteiger partial charge on any atom is -0.267 e. The van der Waals surface area contributed by atoms with Gasteiger partial charge in [0.1, 0.15) is 5.01 Å². The second-order valence-corrected chi connectivity index (χ2v) is 3.75. The topological polar surface area (TPSA) is 38.3 Å². The maximum absolute atomic E-state index is 11.3. The molecule has 1 aromatic carbocycles. The van der Waals surface area contributed by atoms with Gasteiger partial charge in [-0.2, -0.15) is 0 Å². The molecular formula is C9H10BrNO2.